The van der Waals surface area contributed by atoms with Gasteiger partial charge in [-0.1, -0.05) is 0 Å². The van der Waals surface area contributed by atoms with Crippen LogP contribution in [0, 0.1) is 5.82 Å². The minimum Gasteiger partial charge on any atom is -0.461 e. The van der Waals surface area contributed by atoms with Crippen molar-refractivity contribution in [1.29, 1.82) is 0 Å². The normalized spacial score (nSPS) is 10.8. The number of aromatic amines is 1. The van der Waals surface area contributed by atoms with E-state index in [1.54, 1.807) is 14.0 Å². The molecular formula is C16H13FN4O4. The molecule has 0 atom stereocenters. The number of hydrogen-bond donors (Lipinski definition) is 1. The number of aromatic nitrogens is 4. The molecule has 0 spiro atoms. The number of ketones is 1. The van der Waals surface area contributed by atoms with Crippen molar-refractivity contribution in [2.24, 2.45) is 7.05 Å². The Labute approximate surface area is 140 Å². The summed E-state index contributed by atoms with van der Waals surface area (Å²) in [5.74, 6) is -2.15. The van der Waals surface area contributed by atoms with Gasteiger partial charge in [0.1, 0.15) is 17.1 Å². The van der Waals surface area contributed by atoms with E-state index in [9.17, 15) is 18.8 Å². The molecule has 0 saturated carbocycles. The number of halogens is 1. The molecule has 0 amide bonds. The molecule has 3 heterocycles. The summed E-state index contributed by atoms with van der Waals surface area (Å²) in [7, 11) is 1.56. The van der Waals surface area contributed by atoms with Crippen LogP contribution in [0.2, 0.25) is 0 Å². The van der Waals surface area contributed by atoms with Gasteiger partial charge in [-0.2, -0.15) is 5.10 Å². The smallest absolute Gasteiger partial charge is 0.356 e. The summed E-state index contributed by atoms with van der Waals surface area (Å²) in [6.45, 7) is 1.90. The predicted octanol–water partition coefficient (Wildman–Crippen LogP) is 1.66. The fraction of sp³-hybridized carbons (Fsp3) is 0.188. The van der Waals surface area contributed by atoms with Crippen molar-refractivity contribution in [3.8, 4) is 11.4 Å². The molecule has 0 radical (unpaired) electrons. The number of nitrogens with zero attached hydrogens (tertiary/aromatic N) is 3. The number of pyridine rings is 1. The molecule has 0 aliphatic heterocycles. The number of carbonyl (C=O) groups is 3. The number of fused-ring (bicyclic) bond motifs is 1. The van der Waals surface area contributed by atoms with Crippen LogP contribution in [0.1, 0.15) is 27.8 Å². The molecule has 9 heteroatoms. The van der Waals surface area contributed by atoms with Crippen LogP contribution in [0.25, 0.3) is 22.3 Å². The third kappa shape index (κ3) is 2.69. The summed E-state index contributed by atoms with van der Waals surface area (Å²) in [4.78, 5) is 41.0. The molecule has 0 saturated heterocycles. The predicted molar refractivity (Wildman–Crippen MR) is 84.6 cm³/mol. The van der Waals surface area contributed by atoms with Gasteiger partial charge >= 0.3 is 5.97 Å². The Bertz CT molecular complexity index is 1010. The Morgan fingerprint density at radius 2 is 2.20 bits per heavy atom. The summed E-state index contributed by atoms with van der Waals surface area (Å²) in [5.41, 5.74) is 0.855. The number of rotatable bonds is 5. The third-order valence-electron chi connectivity index (χ3n) is 3.64. The number of H-pyrrole nitrogens is 1. The van der Waals surface area contributed by atoms with Gasteiger partial charge in [-0.15, -0.1) is 0 Å². The van der Waals surface area contributed by atoms with Gasteiger partial charge in [-0.25, -0.2) is 14.2 Å². The number of Topliss-reactive ketones (excluding diaryl/α,β-unsaturated/α-hetero) is 1. The lowest BCUT2D eigenvalue weighted by Gasteiger charge is -2.00. The first kappa shape index (κ1) is 16.5. The van der Waals surface area contributed by atoms with E-state index < -0.39 is 17.6 Å². The van der Waals surface area contributed by atoms with E-state index in [0.717, 1.165) is 6.20 Å². The van der Waals surface area contributed by atoms with Gasteiger partial charge in [0.2, 0.25) is 5.78 Å². The highest BCUT2D eigenvalue weighted by atomic mass is 19.1. The number of aldehydes is 1. The lowest BCUT2D eigenvalue weighted by molar-refractivity contribution is -0.104. The minimum absolute atomic E-state index is 0.0505. The maximum absolute atomic E-state index is 14.1. The second-order valence-corrected chi connectivity index (χ2v) is 5.15. The Balaban J connectivity index is 2.18. The zero-order valence-electron chi connectivity index (χ0n) is 13.4. The van der Waals surface area contributed by atoms with Crippen LogP contribution < -0.4 is 0 Å². The van der Waals surface area contributed by atoms with E-state index >= 15 is 0 Å². The second kappa shape index (κ2) is 6.27. The lowest BCUT2D eigenvalue weighted by Crippen LogP contribution is -2.10. The number of hydrogen-bond acceptors (Lipinski definition) is 6. The molecule has 0 aliphatic carbocycles. The van der Waals surface area contributed by atoms with Gasteiger partial charge in [-0.3, -0.25) is 14.3 Å². The van der Waals surface area contributed by atoms with Gasteiger partial charge in [0.15, 0.2) is 12.1 Å². The van der Waals surface area contributed by atoms with Crippen molar-refractivity contribution in [1.82, 2.24) is 19.7 Å². The molecule has 8 nitrogen and oxygen atoms in total. The Morgan fingerprint density at radius 3 is 2.88 bits per heavy atom. The number of esters is 1. The molecule has 25 heavy (non-hydrogen) atoms. The zero-order valence-corrected chi connectivity index (χ0v) is 13.4. The van der Waals surface area contributed by atoms with E-state index in [-0.39, 0.29) is 40.7 Å². The van der Waals surface area contributed by atoms with Gasteiger partial charge in [0, 0.05) is 19.3 Å². The molecule has 3 aromatic rings. The van der Waals surface area contributed by atoms with Crippen molar-refractivity contribution in [3.05, 3.63) is 35.5 Å². The van der Waals surface area contributed by atoms with E-state index in [1.807, 2.05) is 0 Å². The van der Waals surface area contributed by atoms with Crippen molar-refractivity contribution in [2.45, 2.75) is 6.92 Å². The van der Waals surface area contributed by atoms with Crippen LogP contribution in [0.4, 0.5) is 4.39 Å². The quantitative estimate of drug-likeness (QED) is 0.326. The molecule has 0 fully saturated rings. The largest absolute Gasteiger partial charge is 0.461 e. The van der Waals surface area contributed by atoms with E-state index in [4.69, 9.17) is 4.74 Å². The topological polar surface area (TPSA) is 107 Å². The van der Waals surface area contributed by atoms with Crippen LogP contribution >= 0.6 is 0 Å². The molecule has 0 unspecified atom stereocenters. The van der Waals surface area contributed by atoms with Crippen molar-refractivity contribution >= 4 is 28.9 Å². The van der Waals surface area contributed by atoms with Crippen LogP contribution in [0.3, 0.4) is 0 Å². The molecule has 3 rings (SSSR count). The number of ether oxygens (including phenoxy) is 1. The standard InChI is InChI=1S/C16H13FN4O4/c1-3-25-16(24)11-4-10(20-21(11)2)14-15-13(9(17)6-19-14)8(5-18-15)12(23)7-22/h4-7,18H,3H2,1-2H3. The Morgan fingerprint density at radius 1 is 1.44 bits per heavy atom. The zero-order chi connectivity index (χ0) is 18.1. The molecule has 128 valence electrons. The van der Waals surface area contributed by atoms with Crippen molar-refractivity contribution in [3.63, 3.8) is 0 Å². The third-order valence-corrected chi connectivity index (χ3v) is 3.64. The van der Waals surface area contributed by atoms with Crippen LogP contribution in [0.15, 0.2) is 18.5 Å². The van der Waals surface area contributed by atoms with E-state index in [0.29, 0.717) is 5.69 Å². The van der Waals surface area contributed by atoms with Crippen LogP contribution in [-0.2, 0) is 16.6 Å². The number of carbonyl (C=O) groups excluding carboxylic acids is 3. The van der Waals surface area contributed by atoms with Gasteiger partial charge in [0.25, 0.3) is 0 Å². The van der Waals surface area contributed by atoms with Gasteiger partial charge < -0.3 is 9.72 Å². The lowest BCUT2D eigenvalue weighted by atomic mass is 10.1. The fourth-order valence-electron chi connectivity index (χ4n) is 2.54. The first-order chi connectivity index (χ1) is 12.0. The highest BCUT2D eigenvalue weighted by Crippen LogP contribution is 2.29. The first-order valence-electron chi connectivity index (χ1n) is 7.34. The van der Waals surface area contributed by atoms with Gasteiger partial charge in [0.05, 0.1) is 29.3 Å². The molecule has 0 bridgehead atoms. The summed E-state index contributed by atoms with van der Waals surface area (Å²) < 4.78 is 20.4. The van der Waals surface area contributed by atoms with E-state index in [2.05, 4.69) is 15.1 Å². The molecule has 0 aromatic carbocycles. The maximum atomic E-state index is 14.1. The van der Waals surface area contributed by atoms with Gasteiger partial charge in [-0.05, 0) is 6.92 Å². The molecule has 1 N–H and O–H groups in total. The van der Waals surface area contributed by atoms with Crippen LogP contribution in [-0.4, -0.2) is 44.4 Å². The molecule has 0 aliphatic rings. The van der Waals surface area contributed by atoms with Crippen LogP contribution in [0.5, 0.6) is 0 Å². The van der Waals surface area contributed by atoms with Crippen molar-refractivity contribution in [2.75, 3.05) is 6.61 Å². The monoisotopic (exact) mass is 344 g/mol. The average molecular weight is 344 g/mol. The second-order valence-electron chi connectivity index (χ2n) is 5.15. The highest BCUT2D eigenvalue weighted by molar-refractivity contribution is 6.36. The minimum atomic E-state index is -0.851. The summed E-state index contributed by atoms with van der Waals surface area (Å²) in [5, 5.41) is 4.14. The Hall–Kier alpha value is -3.36. The molecular weight excluding hydrogens is 331 g/mol. The maximum Gasteiger partial charge on any atom is 0.356 e. The highest BCUT2D eigenvalue weighted by Gasteiger charge is 2.22. The average Bonchev–Trinajstić information content (AvgIpc) is 3.19. The summed E-state index contributed by atoms with van der Waals surface area (Å²) in [6, 6.07) is 1.46. The number of nitrogens with one attached hydrogen (secondary N) is 1. The summed E-state index contributed by atoms with van der Waals surface area (Å²) >= 11 is 0. The molecule has 3 aromatic heterocycles. The van der Waals surface area contributed by atoms with Crippen molar-refractivity contribution < 1.29 is 23.5 Å². The Kier molecular flexibility index (Phi) is 4.14. The fourth-order valence-corrected chi connectivity index (χ4v) is 2.54. The first-order valence-corrected chi connectivity index (χ1v) is 7.34. The SMILES string of the molecule is CCOC(=O)c1cc(-c2ncc(F)c3c(C(=O)C=O)c[nH]c23)nn1C. The number of aryl methyl sites for hydroxylation is 1. The summed E-state index contributed by atoms with van der Waals surface area (Å²) in [6.07, 6.45) is 2.29. The van der Waals surface area contributed by atoms with E-state index in [1.165, 1.54) is 16.9 Å².